The van der Waals surface area contributed by atoms with Gasteiger partial charge in [0, 0.05) is 11.1 Å². The highest BCUT2D eigenvalue weighted by Crippen LogP contribution is 2.38. The van der Waals surface area contributed by atoms with E-state index in [1.165, 1.54) is 22.3 Å². The third-order valence-corrected chi connectivity index (χ3v) is 5.13. The summed E-state index contributed by atoms with van der Waals surface area (Å²) in [6.45, 7) is 11.0. The van der Waals surface area contributed by atoms with Crippen LogP contribution in [-0.4, -0.2) is 31.4 Å². The first kappa shape index (κ1) is 19.8. The lowest BCUT2D eigenvalue weighted by Gasteiger charge is -2.23. The van der Waals surface area contributed by atoms with E-state index >= 15 is 0 Å². The minimum absolute atomic E-state index is 0.652. The molecule has 142 valence electrons. The Morgan fingerprint density at radius 3 is 2.43 bits per heavy atom. The second kappa shape index (κ2) is 8.39. The van der Waals surface area contributed by atoms with E-state index in [9.17, 15) is 0 Å². The molecule has 1 aliphatic carbocycles. The van der Waals surface area contributed by atoms with Gasteiger partial charge in [-0.05, 0) is 74.3 Å². The second-order valence-corrected chi connectivity index (χ2v) is 7.42. The van der Waals surface area contributed by atoms with Gasteiger partial charge in [0.2, 0.25) is 0 Å². The first-order valence-corrected chi connectivity index (χ1v) is 9.61. The van der Waals surface area contributed by atoms with Crippen LogP contribution < -0.4 is 0 Å². The van der Waals surface area contributed by atoms with E-state index in [0.717, 1.165) is 28.0 Å². The number of nitrogens with zero attached hydrogens (tertiary/aromatic N) is 2. The Hall–Kier alpha value is -2.93. The predicted octanol–water partition coefficient (Wildman–Crippen LogP) is 5.99. The zero-order chi connectivity index (χ0) is 20.3. The van der Waals surface area contributed by atoms with Crippen LogP contribution in [0.15, 0.2) is 71.9 Å². The standard InChI is InChI=1S/C26H28N2/c1-7-18(3)20-13-14-22(19(4)15-20)25-16-26(27-17-28(5)6)24-12-10-9-11-23(24)21(25)8-2/h7,9-16H,2,17H2,1,3-6H3/b18-7-,27-26?. The van der Waals surface area contributed by atoms with Crippen LogP contribution in [-0.2, 0) is 0 Å². The van der Waals surface area contributed by atoms with Gasteiger partial charge in [-0.15, -0.1) is 5.73 Å². The average molecular weight is 369 g/mol. The number of fused-ring (bicyclic) bond motifs is 1. The molecule has 2 nitrogen and oxygen atoms in total. The normalized spacial score (nSPS) is 15.5. The van der Waals surface area contributed by atoms with Crippen molar-refractivity contribution in [2.24, 2.45) is 4.99 Å². The molecule has 0 bridgehead atoms. The molecular formula is C26H28N2. The topological polar surface area (TPSA) is 15.6 Å². The van der Waals surface area contributed by atoms with Crippen LogP contribution in [0.25, 0.3) is 16.7 Å². The van der Waals surface area contributed by atoms with E-state index in [1.807, 2.05) is 14.1 Å². The zero-order valence-corrected chi connectivity index (χ0v) is 17.5. The second-order valence-electron chi connectivity index (χ2n) is 7.42. The van der Waals surface area contributed by atoms with E-state index in [2.05, 4.69) is 92.6 Å². The van der Waals surface area contributed by atoms with Crippen LogP contribution in [0, 0.1) is 6.92 Å². The summed E-state index contributed by atoms with van der Waals surface area (Å²) in [4.78, 5) is 6.92. The number of allylic oxidation sites excluding steroid dienone is 5. The van der Waals surface area contributed by atoms with Gasteiger partial charge in [-0.1, -0.05) is 55.1 Å². The van der Waals surface area contributed by atoms with Crippen molar-refractivity contribution in [3.63, 3.8) is 0 Å². The van der Waals surface area contributed by atoms with Crippen molar-refractivity contribution in [2.75, 3.05) is 20.8 Å². The third-order valence-electron chi connectivity index (χ3n) is 5.13. The molecule has 2 heteroatoms. The minimum atomic E-state index is 0.652. The van der Waals surface area contributed by atoms with Crippen molar-refractivity contribution in [2.45, 2.75) is 20.8 Å². The molecule has 0 fully saturated rings. The number of benzene rings is 2. The molecular weight excluding hydrogens is 340 g/mol. The molecule has 28 heavy (non-hydrogen) atoms. The first-order valence-electron chi connectivity index (χ1n) is 9.61. The third kappa shape index (κ3) is 3.84. The molecule has 2 aromatic carbocycles. The predicted molar refractivity (Wildman–Crippen MR) is 123 cm³/mol. The fourth-order valence-corrected chi connectivity index (χ4v) is 3.49. The Morgan fingerprint density at radius 1 is 1.11 bits per heavy atom. The quantitative estimate of drug-likeness (QED) is 0.605. The molecule has 0 atom stereocenters. The van der Waals surface area contributed by atoms with E-state index < -0.39 is 0 Å². The van der Waals surface area contributed by atoms with Crippen molar-refractivity contribution in [3.05, 3.63) is 94.7 Å². The van der Waals surface area contributed by atoms with Crippen LogP contribution in [0.2, 0.25) is 0 Å². The fourth-order valence-electron chi connectivity index (χ4n) is 3.49. The summed E-state index contributed by atoms with van der Waals surface area (Å²) in [6, 6.07) is 15.0. The maximum atomic E-state index is 4.85. The van der Waals surface area contributed by atoms with Gasteiger partial charge in [0.25, 0.3) is 0 Å². The zero-order valence-electron chi connectivity index (χ0n) is 17.5. The Morgan fingerprint density at radius 2 is 1.82 bits per heavy atom. The van der Waals surface area contributed by atoms with Crippen LogP contribution >= 0.6 is 0 Å². The molecule has 3 rings (SSSR count). The summed E-state index contributed by atoms with van der Waals surface area (Å²) in [5, 5.41) is 0. The van der Waals surface area contributed by atoms with Gasteiger partial charge in [-0.3, -0.25) is 9.89 Å². The van der Waals surface area contributed by atoms with Crippen LogP contribution in [0.1, 0.15) is 41.7 Å². The minimum Gasteiger partial charge on any atom is -0.291 e. The van der Waals surface area contributed by atoms with Gasteiger partial charge < -0.3 is 0 Å². The van der Waals surface area contributed by atoms with Gasteiger partial charge in [0.05, 0.1) is 12.4 Å². The van der Waals surface area contributed by atoms with Crippen LogP contribution in [0.3, 0.4) is 0 Å². The molecule has 0 spiro atoms. The Bertz CT molecular complexity index is 1040. The maximum absolute atomic E-state index is 4.85. The fraction of sp³-hybridized carbons (Fsp3) is 0.231. The Balaban J connectivity index is 2.19. The molecule has 1 aliphatic rings. The number of aliphatic imine (C=N–C) groups is 1. The molecule has 0 saturated heterocycles. The summed E-state index contributed by atoms with van der Waals surface area (Å²) < 4.78 is 0. The number of hydrogen-bond acceptors (Lipinski definition) is 2. The molecule has 0 unspecified atom stereocenters. The molecule has 0 N–H and O–H groups in total. The lowest BCUT2D eigenvalue weighted by atomic mass is 9.81. The highest BCUT2D eigenvalue weighted by atomic mass is 15.1. The van der Waals surface area contributed by atoms with Gasteiger partial charge in [0.15, 0.2) is 0 Å². The van der Waals surface area contributed by atoms with Crippen molar-refractivity contribution in [3.8, 4) is 0 Å². The first-order chi connectivity index (χ1) is 13.5. The lowest BCUT2D eigenvalue weighted by Crippen LogP contribution is -2.16. The summed E-state index contributed by atoms with van der Waals surface area (Å²) in [5.74, 6) is 0. The Labute approximate surface area is 168 Å². The van der Waals surface area contributed by atoms with Crippen LogP contribution in [0.5, 0.6) is 0 Å². The monoisotopic (exact) mass is 368 g/mol. The van der Waals surface area contributed by atoms with E-state index in [4.69, 9.17) is 4.99 Å². The molecule has 0 heterocycles. The van der Waals surface area contributed by atoms with Gasteiger partial charge in [0.1, 0.15) is 0 Å². The highest BCUT2D eigenvalue weighted by Gasteiger charge is 2.22. The molecule has 0 saturated carbocycles. The van der Waals surface area contributed by atoms with E-state index in [1.54, 1.807) is 0 Å². The largest absolute Gasteiger partial charge is 0.291 e. The van der Waals surface area contributed by atoms with Gasteiger partial charge in [-0.2, -0.15) is 0 Å². The van der Waals surface area contributed by atoms with Crippen molar-refractivity contribution >= 4 is 22.4 Å². The SMILES string of the molecule is C=C=C1C(c2ccc(/C(C)=C\C)cc2C)=CC(=NCN(C)C)c2ccccc21. The number of aryl methyl sites for hydroxylation is 1. The molecule has 0 aromatic heterocycles. The number of rotatable bonds is 4. The van der Waals surface area contributed by atoms with Gasteiger partial charge in [-0.25, -0.2) is 0 Å². The van der Waals surface area contributed by atoms with Crippen LogP contribution in [0.4, 0.5) is 0 Å². The number of hydrogen-bond donors (Lipinski definition) is 0. The van der Waals surface area contributed by atoms with Crippen molar-refractivity contribution < 1.29 is 0 Å². The highest BCUT2D eigenvalue weighted by molar-refractivity contribution is 6.26. The molecule has 0 aliphatic heterocycles. The average Bonchev–Trinajstić information content (AvgIpc) is 2.70. The van der Waals surface area contributed by atoms with E-state index in [0.29, 0.717) is 6.67 Å². The Kier molecular flexibility index (Phi) is 5.94. The summed E-state index contributed by atoms with van der Waals surface area (Å²) in [6.07, 6.45) is 4.33. The molecule has 0 radical (unpaired) electrons. The van der Waals surface area contributed by atoms with E-state index in [-0.39, 0.29) is 0 Å². The maximum Gasteiger partial charge on any atom is 0.0911 e. The summed E-state index contributed by atoms with van der Waals surface area (Å²) in [5.41, 5.74) is 13.6. The smallest absolute Gasteiger partial charge is 0.0911 e. The lowest BCUT2D eigenvalue weighted by molar-refractivity contribution is 0.424. The van der Waals surface area contributed by atoms with Crippen molar-refractivity contribution in [1.82, 2.24) is 4.90 Å². The molecule has 2 aromatic rings. The molecule has 0 amide bonds. The summed E-state index contributed by atoms with van der Waals surface area (Å²) >= 11 is 0. The van der Waals surface area contributed by atoms with Crippen molar-refractivity contribution in [1.29, 1.82) is 0 Å². The summed E-state index contributed by atoms with van der Waals surface area (Å²) in [7, 11) is 4.07. The van der Waals surface area contributed by atoms with Gasteiger partial charge >= 0.3 is 0 Å².